The van der Waals surface area contributed by atoms with E-state index in [9.17, 15) is 0 Å². The van der Waals surface area contributed by atoms with Crippen molar-refractivity contribution >= 4 is 57.6 Å². The van der Waals surface area contributed by atoms with Gasteiger partial charge in [-0.05, 0) is 95.0 Å². The Hall–Kier alpha value is -5.42. The molecule has 7 aromatic rings. The van der Waals surface area contributed by atoms with Gasteiger partial charge in [-0.15, -0.1) is 0 Å². The van der Waals surface area contributed by atoms with Crippen LogP contribution in [0.3, 0.4) is 0 Å². The van der Waals surface area contributed by atoms with Crippen LogP contribution in [-0.4, -0.2) is 15.9 Å². The molecule has 5 aromatic carbocycles. The first kappa shape index (κ1) is 22.4. The zero-order chi connectivity index (χ0) is 26.9. The third-order valence-corrected chi connectivity index (χ3v) is 8.50. The van der Waals surface area contributed by atoms with E-state index in [1.54, 1.807) is 0 Å². The summed E-state index contributed by atoms with van der Waals surface area (Å²) >= 11 is 0. The van der Waals surface area contributed by atoms with Gasteiger partial charge in [0.2, 0.25) is 0 Å². The van der Waals surface area contributed by atoms with Crippen LogP contribution in [0.1, 0.15) is 0 Å². The fraction of sp³-hybridized carbons (Fsp3) is 0. The molecule has 0 amide bonds. The highest BCUT2D eigenvalue weighted by Crippen LogP contribution is 2.47. The number of para-hydroxylation sites is 2. The predicted molar refractivity (Wildman–Crippen MR) is 171 cm³/mol. The van der Waals surface area contributed by atoms with E-state index in [1.165, 1.54) is 38.7 Å². The second-order valence-corrected chi connectivity index (χ2v) is 10.7. The standard InChI is InChI=1S/C36H25BN4/c1-3-14-28(15-4-1)40-32-24-27(31-19-9-13-26-12-7-8-18-30(26)31)25-33-36(32)37(38-22-10-20-34(38)40)39-23-11-21-35(39)41(33)29-16-5-2-6-17-29/h1-25H. The molecule has 0 bridgehead atoms. The lowest BCUT2D eigenvalue weighted by molar-refractivity contribution is 1.00. The van der Waals surface area contributed by atoms with Gasteiger partial charge < -0.3 is 8.96 Å². The van der Waals surface area contributed by atoms with Gasteiger partial charge in [-0.1, -0.05) is 78.9 Å². The molecule has 0 saturated carbocycles. The molecule has 5 heteroatoms. The molecule has 0 fully saturated rings. The highest BCUT2D eigenvalue weighted by Gasteiger charge is 2.44. The number of aromatic nitrogens is 2. The van der Waals surface area contributed by atoms with E-state index in [1.807, 2.05) is 0 Å². The summed E-state index contributed by atoms with van der Waals surface area (Å²) in [6, 6.07) is 50.3. The average molecular weight is 524 g/mol. The summed E-state index contributed by atoms with van der Waals surface area (Å²) in [6.45, 7) is 0.0106. The van der Waals surface area contributed by atoms with E-state index >= 15 is 0 Å². The van der Waals surface area contributed by atoms with Gasteiger partial charge in [0, 0.05) is 28.2 Å². The topological polar surface area (TPSA) is 16.3 Å². The van der Waals surface area contributed by atoms with Crippen molar-refractivity contribution < 1.29 is 0 Å². The zero-order valence-electron chi connectivity index (χ0n) is 22.3. The molecule has 41 heavy (non-hydrogen) atoms. The van der Waals surface area contributed by atoms with E-state index in [0.29, 0.717) is 0 Å². The smallest absolute Gasteiger partial charge is 0.353 e. The third kappa shape index (κ3) is 3.17. The summed E-state index contributed by atoms with van der Waals surface area (Å²) in [5.74, 6) is 2.31. The lowest BCUT2D eigenvalue weighted by Crippen LogP contribution is -2.55. The molecule has 2 aliphatic heterocycles. The minimum atomic E-state index is 0.0106. The van der Waals surface area contributed by atoms with Crippen molar-refractivity contribution in [1.82, 2.24) is 8.96 Å². The summed E-state index contributed by atoms with van der Waals surface area (Å²) < 4.78 is 4.81. The number of hydrogen-bond acceptors (Lipinski definition) is 2. The van der Waals surface area contributed by atoms with Crippen LogP contribution in [-0.2, 0) is 0 Å². The Bertz CT molecular complexity index is 1960. The third-order valence-electron chi connectivity index (χ3n) is 8.50. The molecule has 192 valence electrons. The maximum atomic E-state index is 2.42. The molecule has 0 radical (unpaired) electrons. The SMILES string of the molecule is c1ccc(N2c3cc(-c4cccc5ccccc45)cc4c3B(n3cccc32)n2cccc2N4c2ccccc2)cc1. The predicted octanol–water partition coefficient (Wildman–Crippen LogP) is 8.47. The summed E-state index contributed by atoms with van der Waals surface area (Å²) in [7, 11) is 0. The second kappa shape index (κ2) is 8.54. The lowest BCUT2D eigenvalue weighted by Gasteiger charge is -2.43. The van der Waals surface area contributed by atoms with Gasteiger partial charge >= 0.3 is 6.98 Å². The molecule has 9 rings (SSSR count). The molecule has 0 unspecified atom stereocenters. The summed E-state index contributed by atoms with van der Waals surface area (Å²) in [4.78, 5) is 4.84. The molecular formula is C36H25BN4. The molecule has 2 aromatic heterocycles. The number of rotatable bonds is 3. The Morgan fingerprint density at radius 2 is 1.00 bits per heavy atom. The maximum Gasteiger partial charge on any atom is 0.426 e. The molecule has 4 nitrogen and oxygen atoms in total. The number of benzene rings is 5. The van der Waals surface area contributed by atoms with E-state index in [2.05, 4.69) is 171 Å². The molecular weight excluding hydrogens is 499 g/mol. The van der Waals surface area contributed by atoms with Crippen molar-refractivity contribution in [3.63, 3.8) is 0 Å². The number of fused-ring (bicyclic) bond motifs is 5. The molecule has 0 spiro atoms. The molecule has 0 aliphatic carbocycles. The van der Waals surface area contributed by atoms with Gasteiger partial charge in [0.05, 0.1) is 0 Å². The van der Waals surface area contributed by atoms with E-state index in [4.69, 9.17) is 0 Å². The van der Waals surface area contributed by atoms with Crippen LogP contribution < -0.4 is 15.3 Å². The highest BCUT2D eigenvalue weighted by atomic mass is 15.3. The van der Waals surface area contributed by atoms with Crippen molar-refractivity contribution in [3.8, 4) is 11.1 Å². The van der Waals surface area contributed by atoms with Crippen LogP contribution in [0.4, 0.5) is 34.4 Å². The first-order valence-electron chi connectivity index (χ1n) is 14.1. The summed E-state index contributed by atoms with van der Waals surface area (Å²) in [5, 5.41) is 2.51. The Kier molecular flexibility index (Phi) is 4.67. The monoisotopic (exact) mass is 524 g/mol. The van der Waals surface area contributed by atoms with Gasteiger partial charge in [0.15, 0.2) is 0 Å². The first-order valence-corrected chi connectivity index (χ1v) is 14.1. The molecule has 0 atom stereocenters. The Labute approximate surface area is 239 Å². The average Bonchev–Trinajstić information content (AvgIpc) is 3.72. The van der Waals surface area contributed by atoms with Gasteiger partial charge in [-0.2, -0.15) is 0 Å². The van der Waals surface area contributed by atoms with Crippen LogP contribution in [0.25, 0.3) is 21.9 Å². The van der Waals surface area contributed by atoms with Gasteiger partial charge in [0.1, 0.15) is 11.6 Å². The van der Waals surface area contributed by atoms with Crippen molar-refractivity contribution in [2.45, 2.75) is 0 Å². The molecule has 4 heterocycles. The lowest BCUT2D eigenvalue weighted by atomic mass is 9.62. The van der Waals surface area contributed by atoms with Gasteiger partial charge in [0.25, 0.3) is 0 Å². The summed E-state index contributed by atoms with van der Waals surface area (Å²) in [6.07, 6.45) is 4.42. The fourth-order valence-corrected chi connectivity index (χ4v) is 6.81. The van der Waals surface area contributed by atoms with Crippen LogP contribution in [0.15, 0.2) is 152 Å². The van der Waals surface area contributed by atoms with Crippen molar-refractivity contribution in [2.75, 3.05) is 9.80 Å². The Morgan fingerprint density at radius 3 is 1.61 bits per heavy atom. The quantitative estimate of drug-likeness (QED) is 0.216. The van der Waals surface area contributed by atoms with Gasteiger partial charge in [-0.25, -0.2) is 0 Å². The van der Waals surface area contributed by atoms with Crippen LogP contribution >= 0.6 is 0 Å². The molecule has 0 N–H and O–H groups in total. The minimum absolute atomic E-state index is 0.0106. The van der Waals surface area contributed by atoms with Crippen LogP contribution in [0.5, 0.6) is 0 Å². The second-order valence-electron chi connectivity index (χ2n) is 10.7. The fourth-order valence-electron chi connectivity index (χ4n) is 6.81. The van der Waals surface area contributed by atoms with Crippen molar-refractivity contribution in [1.29, 1.82) is 0 Å². The molecule has 2 aliphatic rings. The largest absolute Gasteiger partial charge is 0.426 e. The van der Waals surface area contributed by atoms with Crippen molar-refractivity contribution in [3.05, 3.63) is 152 Å². The van der Waals surface area contributed by atoms with Crippen molar-refractivity contribution in [2.24, 2.45) is 0 Å². The van der Waals surface area contributed by atoms with E-state index in [0.717, 1.165) is 23.0 Å². The zero-order valence-corrected chi connectivity index (χ0v) is 22.3. The maximum absolute atomic E-state index is 2.42. The Morgan fingerprint density at radius 1 is 0.463 bits per heavy atom. The van der Waals surface area contributed by atoms with Crippen LogP contribution in [0.2, 0.25) is 0 Å². The first-order chi connectivity index (χ1) is 20.4. The number of anilines is 6. The minimum Gasteiger partial charge on any atom is -0.353 e. The van der Waals surface area contributed by atoms with Crippen LogP contribution in [0, 0.1) is 0 Å². The van der Waals surface area contributed by atoms with Gasteiger partial charge in [-0.3, -0.25) is 9.80 Å². The number of nitrogens with zero attached hydrogens (tertiary/aromatic N) is 4. The normalized spacial score (nSPS) is 13.2. The highest BCUT2D eigenvalue weighted by molar-refractivity contribution is 6.76. The Balaban J connectivity index is 1.41. The molecule has 0 saturated heterocycles. The number of hydrogen-bond donors (Lipinski definition) is 0. The summed E-state index contributed by atoms with van der Waals surface area (Å²) in [5.41, 5.74) is 8.42. The van der Waals surface area contributed by atoms with E-state index < -0.39 is 0 Å². The van der Waals surface area contributed by atoms with E-state index in [-0.39, 0.29) is 6.98 Å².